The highest BCUT2D eigenvalue weighted by Crippen LogP contribution is 2.43. The van der Waals surface area contributed by atoms with Crippen LogP contribution < -0.4 is 47.2 Å². The van der Waals surface area contributed by atoms with Crippen LogP contribution in [0.25, 0.3) is 21.9 Å². The molecule has 2 aliphatic heterocycles. The van der Waals surface area contributed by atoms with Crippen LogP contribution in [0, 0.1) is 6.92 Å². The second-order valence-electron chi connectivity index (χ2n) is 18.3. The highest BCUT2D eigenvalue weighted by Gasteiger charge is 2.32. The number of carbonyl (C=O) groups is 2. The van der Waals surface area contributed by atoms with Gasteiger partial charge < -0.3 is 35.5 Å². The molecule has 3 aromatic carbocycles. The number of ether oxygens (including phenoxy) is 1. The van der Waals surface area contributed by atoms with E-state index in [9.17, 15) is 18.9 Å². The number of hydrogen-bond donors (Lipinski definition) is 5. The summed E-state index contributed by atoms with van der Waals surface area (Å²) in [5.41, 5.74) is 7.95. The fraction of sp³-hybridized carbons (Fsp3) is 0.429. The van der Waals surface area contributed by atoms with Crippen LogP contribution in [0.1, 0.15) is 68.3 Å². The number of anilines is 5. The Kier molecular flexibility index (Phi) is 13.6. The summed E-state index contributed by atoms with van der Waals surface area (Å²) in [5, 5.41) is 18.2. The van der Waals surface area contributed by atoms with Gasteiger partial charge in [-0.25, -0.2) is 9.78 Å². The van der Waals surface area contributed by atoms with E-state index in [1.807, 2.05) is 49.4 Å². The van der Waals surface area contributed by atoms with Crippen molar-refractivity contribution in [2.24, 2.45) is 7.05 Å². The molecule has 1 saturated carbocycles. The summed E-state index contributed by atoms with van der Waals surface area (Å²) in [5.74, 6) is 1.00. The minimum atomic E-state index is -2.73. The van der Waals surface area contributed by atoms with Crippen molar-refractivity contribution in [1.29, 1.82) is 0 Å². The number of piperidine rings is 2. The maximum Gasteiger partial charge on any atom is 0.329 e. The van der Waals surface area contributed by atoms with Crippen LogP contribution in [0.15, 0.2) is 70.1 Å². The number of pyridine rings is 1. The van der Waals surface area contributed by atoms with Crippen molar-refractivity contribution in [3.63, 3.8) is 0 Å². The first-order chi connectivity index (χ1) is 32.2. The predicted molar refractivity (Wildman–Crippen MR) is 270 cm³/mol. The Morgan fingerprint density at radius 2 is 1.72 bits per heavy atom. The van der Waals surface area contributed by atoms with Crippen molar-refractivity contribution in [3.8, 4) is 5.75 Å². The van der Waals surface area contributed by atoms with Gasteiger partial charge in [-0.2, -0.15) is 4.98 Å². The van der Waals surface area contributed by atoms with Crippen molar-refractivity contribution in [3.05, 3.63) is 92.6 Å². The normalized spacial score (nSPS) is 17.0. The van der Waals surface area contributed by atoms with Gasteiger partial charge in [0.05, 0.1) is 38.5 Å². The maximum atomic E-state index is 13.7. The Balaban J connectivity index is 0.812. The minimum absolute atomic E-state index is 0.185. The van der Waals surface area contributed by atoms with Crippen molar-refractivity contribution in [1.82, 2.24) is 40.0 Å². The van der Waals surface area contributed by atoms with Gasteiger partial charge in [0, 0.05) is 80.0 Å². The first kappa shape index (κ1) is 46.5. The summed E-state index contributed by atoms with van der Waals surface area (Å²) < 4.78 is 24.1. The van der Waals surface area contributed by atoms with Crippen LogP contribution in [0.2, 0.25) is 0 Å². The number of benzene rings is 3. The van der Waals surface area contributed by atoms with E-state index in [1.54, 1.807) is 31.1 Å². The Bertz CT molecular complexity index is 2970. The van der Waals surface area contributed by atoms with Gasteiger partial charge in [0.1, 0.15) is 24.8 Å². The number of aromatic nitrogens is 5. The van der Waals surface area contributed by atoms with Crippen LogP contribution in [0.5, 0.6) is 5.75 Å². The zero-order valence-corrected chi connectivity index (χ0v) is 41.2. The number of hydrogen-bond acceptors (Lipinski definition) is 13. The molecule has 1 atom stereocenters. The number of aryl methyl sites for hydroxylation is 3. The number of fused-ring (bicyclic) bond motifs is 2. The van der Waals surface area contributed by atoms with Crippen LogP contribution in [0.3, 0.4) is 0 Å². The van der Waals surface area contributed by atoms with Gasteiger partial charge in [-0.05, 0) is 129 Å². The SMILES string of the molecule is CCc1cc(Nc2ncc(Br)c(Nc3ccc4nc(C)ccc4c3P(C)(C)=O)n2)c(OC2CC2)cc1N1CCC(NCCNCCc2cccc3c2n(C)c(=O)n3C2CCC(=O)NC2=O)CC1. The molecule has 3 fully saturated rings. The fourth-order valence-corrected chi connectivity index (χ4v) is 11.2. The molecule has 0 radical (unpaired) electrons. The number of carbonyl (C=O) groups excluding carboxylic acids is 2. The van der Waals surface area contributed by atoms with E-state index in [2.05, 4.69) is 76.4 Å². The smallest absolute Gasteiger partial charge is 0.329 e. The van der Waals surface area contributed by atoms with E-state index in [-0.39, 0.29) is 24.1 Å². The third kappa shape index (κ3) is 10.2. The third-order valence-electron chi connectivity index (χ3n) is 13.0. The van der Waals surface area contributed by atoms with Gasteiger partial charge in [0.2, 0.25) is 17.8 Å². The van der Waals surface area contributed by atoms with E-state index in [0.29, 0.717) is 39.9 Å². The summed E-state index contributed by atoms with van der Waals surface area (Å²) in [7, 11) is -0.993. The monoisotopic (exact) mass is 991 g/mol. The molecule has 5 N–H and O–H groups in total. The first-order valence-corrected chi connectivity index (χ1v) is 26.7. The Labute approximate surface area is 398 Å². The zero-order valence-electron chi connectivity index (χ0n) is 38.7. The zero-order chi connectivity index (χ0) is 47.0. The number of para-hydroxylation sites is 1. The van der Waals surface area contributed by atoms with Gasteiger partial charge >= 0.3 is 5.69 Å². The van der Waals surface area contributed by atoms with Crippen molar-refractivity contribution >= 4 is 91.0 Å². The van der Waals surface area contributed by atoms with Crippen LogP contribution in [-0.2, 0) is 34.0 Å². The largest absolute Gasteiger partial charge is 0.488 e. The van der Waals surface area contributed by atoms with Crippen LogP contribution in [-0.4, -0.2) is 94.1 Å². The number of nitrogens with one attached hydrogen (secondary N) is 5. The highest BCUT2D eigenvalue weighted by atomic mass is 79.9. The lowest BCUT2D eigenvalue weighted by molar-refractivity contribution is -0.135. The highest BCUT2D eigenvalue weighted by molar-refractivity contribution is 9.10. The Hall–Kier alpha value is -5.61. The second kappa shape index (κ2) is 19.5. The molecule has 6 aromatic rings. The van der Waals surface area contributed by atoms with E-state index in [4.69, 9.17) is 9.72 Å². The van der Waals surface area contributed by atoms with Crippen molar-refractivity contribution in [2.75, 3.05) is 61.6 Å². The second-order valence-corrected chi connectivity index (χ2v) is 22.3. The number of imide groups is 1. The number of amides is 2. The van der Waals surface area contributed by atoms with E-state index in [0.717, 1.165) is 116 Å². The minimum Gasteiger partial charge on any atom is -0.488 e. The number of halogens is 1. The molecule has 67 heavy (non-hydrogen) atoms. The Morgan fingerprint density at radius 1 is 0.910 bits per heavy atom. The molecule has 3 aromatic heterocycles. The van der Waals surface area contributed by atoms with Gasteiger partial charge in [0.25, 0.3) is 0 Å². The first-order valence-electron chi connectivity index (χ1n) is 23.3. The molecule has 3 aliphatic rings. The van der Waals surface area contributed by atoms with E-state index in [1.165, 1.54) is 15.8 Å². The number of rotatable bonds is 17. The van der Waals surface area contributed by atoms with E-state index >= 15 is 0 Å². The fourth-order valence-electron chi connectivity index (χ4n) is 9.47. The lowest BCUT2D eigenvalue weighted by Crippen LogP contribution is -2.44. The van der Waals surface area contributed by atoms with Crippen molar-refractivity contribution < 1.29 is 18.9 Å². The molecule has 18 heteroatoms. The average molecular weight is 993 g/mol. The van der Waals surface area contributed by atoms with Gasteiger partial charge in [-0.3, -0.25) is 29.0 Å². The quantitative estimate of drug-likeness (QED) is 0.0359. The average Bonchev–Trinajstić information content (AvgIpc) is 4.09. The van der Waals surface area contributed by atoms with Crippen molar-refractivity contribution in [2.45, 2.75) is 83.4 Å². The molecule has 1 unspecified atom stereocenters. The summed E-state index contributed by atoms with van der Waals surface area (Å²) in [4.78, 5) is 54.4. The molecule has 16 nitrogen and oxygen atoms in total. The molecular weight excluding hydrogens is 933 g/mol. The molecule has 0 bridgehead atoms. The van der Waals surface area contributed by atoms with Gasteiger partial charge in [0.15, 0.2) is 0 Å². The van der Waals surface area contributed by atoms with Crippen LogP contribution >= 0.6 is 23.1 Å². The van der Waals surface area contributed by atoms with Gasteiger partial charge in [-0.1, -0.05) is 25.1 Å². The molecule has 9 rings (SSSR count). The number of nitrogens with zero attached hydrogens (tertiary/aromatic N) is 6. The summed E-state index contributed by atoms with van der Waals surface area (Å²) >= 11 is 3.64. The molecule has 5 heterocycles. The Morgan fingerprint density at radius 3 is 2.46 bits per heavy atom. The summed E-state index contributed by atoms with van der Waals surface area (Å²) in [6.07, 6.45) is 8.09. The summed E-state index contributed by atoms with van der Waals surface area (Å²) in [6, 6.07) is 17.7. The molecule has 0 spiro atoms. The van der Waals surface area contributed by atoms with Gasteiger partial charge in [-0.15, -0.1) is 0 Å². The lowest BCUT2D eigenvalue weighted by Gasteiger charge is -2.35. The standard InChI is InChI=1S/C49H59BrN11O5P/c1-6-30-26-38(56-48-53-28-35(50)46(58-48)55-37-15-14-36-34(13-10-29(2)54-36)45(37)67(4,5)65)42(66-33-11-12-33)27-41(30)60-24-19-32(20-25-60)52-23-22-51-21-18-31-8-7-9-39-44(31)59(3)49(64)61(39)40-16-17-43(62)57-47(40)63/h7-10,13-15,26-28,32-33,40,51-52H,6,11-12,16-25H2,1-5H3,(H,57,62,63)(H2,53,55,56,58). The molecule has 352 valence electrons. The lowest BCUT2D eigenvalue weighted by atomic mass is 10.0. The molecule has 2 saturated heterocycles. The van der Waals surface area contributed by atoms with Crippen LogP contribution in [0.4, 0.5) is 28.8 Å². The maximum absolute atomic E-state index is 13.7. The molecular formula is C49H59BrN11O5P. The van der Waals surface area contributed by atoms with E-state index < -0.39 is 19.1 Å². The topological polar surface area (TPSA) is 189 Å². The molecule has 2 amide bonds. The third-order valence-corrected chi connectivity index (χ3v) is 15.1. The molecule has 1 aliphatic carbocycles. The predicted octanol–water partition coefficient (Wildman–Crippen LogP) is 6.96. The summed E-state index contributed by atoms with van der Waals surface area (Å²) in [6.45, 7) is 11.9. The number of imidazole rings is 1.